The lowest BCUT2D eigenvalue weighted by molar-refractivity contribution is -0.100. The van der Waals surface area contributed by atoms with E-state index < -0.39 is 49.6 Å². The van der Waals surface area contributed by atoms with Gasteiger partial charge in [0.1, 0.15) is 23.1 Å². The second-order valence-electron chi connectivity index (χ2n) is 10.3. The third kappa shape index (κ3) is 5.54. The molecule has 1 heterocycles. The van der Waals surface area contributed by atoms with E-state index in [0.29, 0.717) is 17.2 Å². The second-order valence-corrected chi connectivity index (χ2v) is 13.4. The van der Waals surface area contributed by atoms with Crippen LogP contribution in [0.2, 0.25) is 0 Å². The number of methoxy groups -OCH3 is 2. The summed E-state index contributed by atoms with van der Waals surface area (Å²) in [5, 5.41) is 0.523. The standard InChI is InChI=1S/C28H29F6O3P/c1-26(2,3)38-23(14-16-12-17(27(29,30)31)15-18(13-16)28(32,33)34)37-22-11-6-8-19(25(22)38)24-20(35-4)9-7-10-21(24)36-5/h6-12,15-16,23H,13-14H2,1-5H3/t16?,23-,38+/m1/s1. The van der Waals surface area contributed by atoms with Gasteiger partial charge in [-0.3, -0.25) is 0 Å². The smallest absolute Gasteiger partial charge is 0.416 e. The molecule has 3 nitrogen and oxygen atoms in total. The van der Waals surface area contributed by atoms with Gasteiger partial charge in [-0.25, -0.2) is 0 Å². The third-order valence-electron chi connectivity index (χ3n) is 6.63. The molecule has 2 aromatic carbocycles. The highest BCUT2D eigenvalue weighted by atomic mass is 31.1. The lowest BCUT2D eigenvalue weighted by Crippen LogP contribution is -2.28. The molecule has 10 heteroatoms. The molecule has 3 atom stereocenters. The highest BCUT2D eigenvalue weighted by molar-refractivity contribution is 7.68. The van der Waals surface area contributed by atoms with E-state index in [1.807, 2.05) is 32.9 Å². The topological polar surface area (TPSA) is 27.7 Å². The van der Waals surface area contributed by atoms with Crippen LogP contribution in [-0.4, -0.2) is 37.6 Å². The Hall–Kier alpha value is -2.67. The molecule has 0 saturated heterocycles. The molecule has 2 aromatic rings. The van der Waals surface area contributed by atoms with Gasteiger partial charge in [-0.15, -0.1) is 0 Å². The summed E-state index contributed by atoms with van der Waals surface area (Å²) < 4.78 is 98.8. The summed E-state index contributed by atoms with van der Waals surface area (Å²) in [6, 6.07) is 10.9. The lowest BCUT2D eigenvalue weighted by Gasteiger charge is -2.35. The highest BCUT2D eigenvalue weighted by Gasteiger charge is 2.47. The fourth-order valence-corrected chi connectivity index (χ4v) is 8.46. The van der Waals surface area contributed by atoms with Crippen molar-refractivity contribution < 1.29 is 40.6 Å². The van der Waals surface area contributed by atoms with Gasteiger partial charge < -0.3 is 14.2 Å². The van der Waals surface area contributed by atoms with Gasteiger partial charge in [0.15, 0.2) is 0 Å². The molecule has 0 bridgehead atoms. The molecule has 0 saturated carbocycles. The van der Waals surface area contributed by atoms with Crippen LogP contribution in [0.4, 0.5) is 26.3 Å². The van der Waals surface area contributed by atoms with Crippen LogP contribution < -0.4 is 19.5 Å². The zero-order chi connectivity index (χ0) is 28.0. The van der Waals surface area contributed by atoms with Gasteiger partial charge in [-0.2, -0.15) is 26.3 Å². The number of allylic oxidation sites excluding steroid dienone is 4. The molecule has 1 unspecified atom stereocenters. The van der Waals surface area contributed by atoms with Crippen molar-refractivity contribution in [1.82, 2.24) is 0 Å². The predicted octanol–water partition coefficient (Wildman–Crippen LogP) is 8.38. The summed E-state index contributed by atoms with van der Waals surface area (Å²) in [4.78, 5) is 0. The van der Waals surface area contributed by atoms with Crippen molar-refractivity contribution in [2.24, 2.45) is 5.92 Å². The van der Waals surface area contributed by atoms with E-state index in [2.05, 4.69) is 0 Å². The molecule has 4 rings (SSSR count). The van der Waals surface area contributed by atoms with Crippen molar-refractivity contribution in [3.63, 3.8) is 0 Å². The Morgan fingerprint density at radius 1 is 0.895 bits per heavy atom. The first-order valence-corrected chi connectivity index (χ1v) is 13.4. The fourth-order valence-electron chi connectivity index (χ4n) is 5.12. The number of hydrogen-bond donors (Lipinski definition) is 0. The molecule has 0 spiro atoms. The quantitative estimate of drug-likeness (QED) is 0.273. The van der Waals surface area contributed by atoms with Crippen LogP contribution in [0, 0.1) is 5.92 Å². The van der Waals surface area contributed by atoms with E-state index in [0.717, 1.165) is 22.5 Å². The van der Waals surface area contributed by atoms with Crippen LogP contribution in [0.25, 0.3) is 11.1 Å². The van der Waals surface area contributed by atoms with Crippen LogP contribution >= 0.6 is 7.92 Å². The Kier molecular flexibility index (Phi) is 7.56. The first kappa shape index (κ1) is 28.3. The zero-order valence-electron chi connectivity index (χ0n) is 21.6. The number of rotatable bonds is 5. The Labute approximate surface area is 219 Å². The number of fused-ring (bicyclic) bond motifs is 1. The molecule has 0 radical (unpaired) electrons. The Morgan fingerprint density at radius 2 is 1.50 bits per heavy atom. The van der Waals surface area contributed by atoms with E-state index in [9.17, 15) is 26.3 Å². The van der Waals surface area contributed by atoms with Gasteiger partial charge in [-0.1, -0.05) is 45.0 Å². The zero-order valence-corrected chi connectivity index (χ0v) is 22.5. The summed E-state index contributed by atoms with van der Waals surface area (Å²) in [6.07, 6.45) is -9.09. The van der Waals surface area contributed by atoms with Gasteiger partial charge in [0.05, 0.1) is 25.4 Å². The van der Waals surface area contributed by atoms with Gasteiger partial charge in [-0.05, 0) is 56.1 Å². The van der Waals surface area contributed by atoms with Crippen LogP contribution in [0.3, 0.4) is 0 Å². The summed E-state index contributed by atoms with van der Waals surface area (Å²) >= 11 is 0. The maximum atomic E-state index is 13.5. The normalized spacial score (nSPS) is 21.8. The van der Waals surface area contributed by atoms with Crippen LogP contribution in [-0.2, 0) is 0 Å². The molecule has 0 fully saturated rings. The fraction of sp³-hybridized carbons (Fsp3) is 0.429. The predicted molar refractivity (Wildman–Crippen MR) is 137 cm³/mol. The van der Waals surface area contributed by atoms with E-state index in [-0.39, 0.29) is 17.7 Å². The summed E-state index contributed by atoms with van der Waals surface area (Å²) in [5.74, 6) is 0.170. The molecule has 38 heavy (non-hydrogen) atoms. The summed E-state index contributed by atoms with van der Waals surface area (Å²) in [6.45, 7) is 6.04. The first-order valence-electron chi connectivity index (χ1n) is 12.0. The number of hydrogen-bond acceptors (Lipinski definition) is 3. The number of ether oxygens (including phenoxy) is 3. The molecular formula is C28H29F6O3P. The van der Waals surface area contributed by atoms with Crippen LogP contribution in [0.1, 0.15) is 33.6 Å². The van der Waals surface area contributed by atoms with E-state index >= 15 is 0 Å². The lowest BCUT2D eigenvalue weighted by atomic mass is 9.87. The SMILES string of the molecule is COc1cccc(OC)c1-c1cccc2c1[P@@](C(C)(C)C)[C@H](CC1C=C(C(F)(F)F)C=C(C(F)(F)F)C1)O2. The van der Waals surface area contributed by atoms with Crippen molar-refractivity contribution in [2.75, 3.05) is 14.2 Å². The summed E-state index contributed by atoms with van der Waals surface area (Å²) in [7, 11) is 1.90. The maximum absolute atomic E-state index is 13.5. The number of benzene rings is 2. The highest BCUT2D eigenvalue weighted by Crippen LogP contribution is 2.62. The average Bonchev–Trinajstić information content (AvgIpc) is 3.20. The van der Waals surface area contributed by atoms with Crippen molar-refractivity contribution in [3.8, 4) is 28.4 Å². The second kappa shape index (κ2) is 10.1. The maximum Gasteiger partial charge on any atom is 0.416 e. The van der Waals surface area contributed by atoms with Crippen LogP contribution in [0.5, 0.6) is 17.2 Å². The summed E-state index contributed by atoms with van der Waals surface area (Å²) in [5.41, 5.74) is -0.913. The van der Waals surface area contributed by atoms with Crippen molar-refractivity contribution in [2.45, 2.75) is 57.0 Å². The van der Waals surface area contributed by atoms with Crippen molar-refractivity contribution in [3.05, 3.63) is 59.7 Å². The van der Waals surface area contributed by atoms with E-state index in [1.54, 1.807) is 38.5 Å². The van der Waals surface area contributed by atoms with Gasteiger partial charge in [0, 0.05) is 16.4 Å². The monoisotopic (exact) mass is 558 g/mol. The number of alkyl halides is 6. The Balaban J connectivity index is 1.78. The molecule has 2 aliphatic rings. The van der Waals surface area contributed by atoms with Gasteiger partial charge >= 0.3 is 12.4 Å². The Bertz CT molecular complexity index is 1230. The molecule has 0 amide bonds. The molecule has 1 aliphatic carbocycles. The largest absolute Gasteiger partial charge is 0.496 e. The van der Waals surface area contributed by atoms with Gasteiger partial charge in [0.2, 0.25) is 0 Å². The molecule has 206 valence electrons. The minimum Gasteiger partial charge on any atom is -0.496 e. The molecular weight excluding hydrogens is 529 g/mol. The van der Waals surface area contributed by atoms with Crippen LogP contribution in [0.15, 0.2) is 59.7 Å². The van der Waals surface area contributed by atoms with E-state index in [1.165, 1.54) is 0 Å². The van der Waals surface area contributed by atoms with E-state index in [4.69, 9.17) is 14.2 Å². The van der Waals surface area contributed by atoms with Crippen molar-refractivity contribution >= 4 is 13.2 Å². The van der Waals surface area contributed by atoms with Crippen molar-refractivity contribution in [1.29, 1.82) is 0 Å². The molecule has 1 aliphatic heterocycles. The average molecular weight is 558 g/mol. The Morgan fingerprint density at radius 3 is 2.03 bits per heavy atom. The molecule has 0 N–H and O–H groups in total. The van der Waals surface area contributed by atoms with Gasteiger partial charge in [0.25, 0.3) is 0 Å². The minimum atomic E-state index is -4.88. The third-order valence-corrected chi connectivity index (χ3v) is 9.91. The minimum absolute atomic E-state index is 0.0210. The number of halogens is 6. The molecule has 0 aromatic heterocycles. The first-order chi connectivity index (χ1) is 17.6.